The Morgan fingerprint density at radius 1 is 0.935 bits per heavy atom. The van der Waals surface area contributed by atoms with E-state index in [9.17, 15) is 20.2 Å². The Hall–Kier alpha value is -3.86. The average Bonchev–Trinajstić information content (AvgIpc) is 3.51. The van der Waals surface area contributed by atoms with Crippen LogP contribution in [0.2, 0.25) is 0 Å². The van der Waals surface area contributed by atoms with Gasteiger partial charge in [-0.05, 0) is 11.1 Å². The number of nitro groups is 2. The molecule has 0 unspecified atom stereocenters. The lowest BCUT2D eigenvalue weighted by Crippen LogP contribution is -1.97. The fourth-order valence-electron chi connectivity index (χ4n) is 2.33. The maximum absolute atomic E-state index is 10.5. The van der Waals surface area contributed by atoms with E-state index in [1.54, 1.807) is 55.5 Å². The van der Waals surface area contributed by atoms with Crippen molar-refractivity contribution in [1.29, 1.82) is 0 Å². The van der Waals surface area contributed by atoms with Crippen LogP contribution < -0.4 is 0 Å². The molecule has 4 aromatic rings. The molecular weight excluding hydrogens is 468 g/mol. The Labute approximate surface area is 186 Å². The number of rotatable bonds is 5. The number of H-pyrrole nitrogens is 1. The number of alkyl halides is 1. The molecule has 0 bridgehead atoms. The molecule has 0 radical (unpaired) electrons. The van der Waals surface area contributed by atoms with E-state index in [0.717, 1.165) is 11.1 Å². The van der Waals surface area contributed by atoms with E-state index in [4.69, 9.17) is 0 Å². The van der Waals surface area contributed by atoms with Crippen LogP contribution in [0.1, 0.15) is 11.1 Å². The lowest BCUT2D eigenvalue weighted by molar-refractivity contribution is -0.385. The number of nitrogens with zero attached hydrogens (tertiary/aromatic N) is 5. The van der Waals surface area contributed by atoms with Crippen LogP contribution in [0, 0.1) is 20.2 Å². The van der Waals surface area contributed by atoms with Crippen molar-refractivity contribution in [3.05, 3.63) is 117 Å². The van der Waals surface area contributed by atoms with Gasteiger partial charge >= 0.3 is 0 Å². The quantitative estimate of drug-likeness (QED) is 0.246. The number of benzene rings is 2. The Morgan fingerprint density at radius 3 is 2.03 bits per heavy atom. The van der Waals surface area contributed by atoms with Gasteiger partial charge in [0.1, 0.15) is 0 Å². The van der Waals surface area contributed by atoms with Gasteiger partial charge in [0, 0.05) is 60.9 Å². The first-order valence-corrected chi connectivity index (χ1v) is 10.0. The monoisotopic (exact) mass is 486 g/mol. The highest BCUT2D eigenvalue weighted by Crippen LogP contribution is 2.15. The molecule has 0 amide bonds. The van der Waals surface area contributed by atoms with Gasteiger partial charge in [-0.1, -0.05) is 40.2 Å². The molecule has 31 heavy (non-hydrogen) atoms. The van der Waals surface area contributed by atoms with Gasteiger partial charge in [0.2, 0.25) is 0 Å². The molecule has 0 aliphatic carbocycles. The average molecular weight is 487 g/mol. The van der Waals surface area contributed by atoms with Crippen LogP contribution in [0.3, 0.4) is 0 Å². The van der Waals surface area contributed by atoms with E-state index in [2.05, 4.69) is 30.9 Å². The molecule has 4 rings (SSSR count). The molecule has 0 aliphatic heterocycles. The summed E-state index contributed by atoms with van der Waals surface area (Å²) in [5.41, 5.74) is 2.07. The largest absolute Gasteiger partial charge is 0.351 e. The zero-order valence-electron chi connectivity index (χ0n) is 16.2. The minimum atomic E-state index is -0.397. The van der Waals surface area contributed by atoms with E-state index >= 15 is 0 Å². The molecule has 0 spiro atoms. The van der Waals surface area contributed by atoms with Crippen molar-refractivity contribution in [3.63, 3.8) is 0 Å². The molecule has 2 heterocycles. The van der Waals surface area contributed by atoms with Crippen molar-refractivity contribution in [2.75, 3.05) is 0 Å². The Balaban J connectivity index is 0.000000186. The summed E-state index contributed by atoms with van der Waals surface area (Å²) in [6.45, 7) is 0.599. The Kier molecular flexibility index (Phi) is 9.56. The zero-order valence-corrected chi connectivity index (χ0v) is 17.8. The number of nitrogens with one attached hydrogen (secondary N) is 1. The van der Waals surface area contributed by atoms with Crippen LogP contribution in [-0.2, 0) is 11.9 Å². The van der Waals surface area contributed by atoms with Crippen molar-refractivity contribution in [2.24, 2.45) is 0 Å². The smallest absolute Gasteiger partial charge is 0.269 e. The van der Waals surface area contributed by atoms with Crippen molar-refractivity contribution < 1.29 is 9.85 Å². The molecule has 0 aliphatic rings. The van der Waals surface area contributed by atoms with Crippen LogP contribution in [0.15, 0.2) is 86.0 Å². The van der Waals surface area contributed by atoms with Crippen LogP contribution in [-0.4, -0.2) is 29.4 Å². The molecule has 1 N–H and O–H groups in total. The molecule has 0 fully saturated rings. The van der Waals surface area contributed by atoms with Gasteiger partial charge < -0.3 is 9.55 Å². The summed E-state index contributed by atoms with van der Waals surface area (Å²) in [5, 5.41) is 21.4. The van der Waals surface area contributed by atoms with Gasteiger partial charge in [-0.3, -0.25) is 20.2 Å². The van der Waals surface area contributed by atoms with Gasteiger partial charge in [-0.25, -0.2) is 9.97 Å². The number of imidazole rings is 2. The van der Waals surface area contributed by atoms with Crippen molar-refractivity contribution in [2.45, 2.75) is 11.9 Å². The van der Waals surface area contributed by atoms with Crippen LogP contribution in [0.5, 0.6) is 0 Å². The topological polar surface area (TPSA) is 133 Å². The summed E-state index contributed by atoms with van der Waals surface area (Å²) in [7, 11) is 0. The lowest BCUT2D eigenvalue weighted by atomic mass is 10.2. The van der Waals surface area contributed by atoms with E-state index in [-0.39, 0.29) is 11.4 Å². The number of hydrogen-bond acceptors (Lipinski definition) is 6. The van der Waals surface area contributed by atoms with E-state index in [1.807, 2.05) is 22.9 Å². The fraction of sp³-hybridized carbons (Fsp3) is 0.100. The van der Waals surface area contributed by atoms with Crippen molar-refractivity contribution in [1.82, 2.24) is 19.5 Å². The molecular formula is C20H19BrN6O4. The maximum Gasteiger partial charge on any atom is 0.269 e. The normalized spacial score (nSPS) is 9.58. The second-order valence-electron chi connectivity index (χ2n) is 5.98. The van der Waals surface area contributed by atoms with Gasteiger partial charge in [-0.2, -0.15) is 0 Å². The molecule has 10 nitrogen and oxygen atoms in total. The third-order valence-electron chi connectivity index (χ3n) is 3.73. The third kappa shape index (κ3) is 8.58. The third-order valence-corrected chi connectivity index (χ3v) is 4.37. The summed E-state index contributed by atoms with van der Waals surface area (Å²) in [4.78, 5) is 30.3. The van der Waals surface area contributed by atoms with E-state index < -0.39 is 9.85 Å². The standard InChI is InChI=1S/C10H9N3O2.C7H6BrNO2.C3H4N2/c14-13(15)10-3-1-2-9(6-10)7-12-5-4-11-8-12;8-5-6-2-1-3-7(4-6)9(10)11;1-2-5-3-4-1/h1-6,8H,7H2;1-4H,5H2;1-3H,(H,4,5). The minimum Gasteiger partial charge on any atom is -0.351 e. The molecule has 0 saturated carbocycles. The van der Waals surface area contributed by atoms with Crippen LogP contribution >= 0.6 is 15.9 Å². The number of hydrogen-bond donors (Lipinski definition) is 1. The zero-order chi connectivity index (χ0) is 22.5. The number of halogens is 1. The highest BCUT2D eigenvalue weighted by molar-refractivity contribution is 9.08. The SMILES string of the molecule is O=[N+]([O-])c1cccc(CBr)c1.O=[N+]([O-])c1cccc(Cn2ccnc2)c1.c1c[nH]cn1. The highest BCUT2D eigenvalue weighted by atomic mass is 79.9. The number of aromatic amines is 1. The summed E-state index contributed by atoms with van der Waals surface area (Å²) in [5.74, 6) is 0. The second kappa shape index (κ2) is 12.6. The van der Waals surface area contributed by atoms with Gasteiger partial charge in [-0.15, -0.1) is 0 Å². The Bertz CT molecular complexity index is 1050. The predicted octanol–water partition coefficient (Wildman–Crippen LogP) is 4.74. The molecule has 160 valence electrons. The molecule has 2 aromatic heterocycles. The molecule has 2 aromatic carbocycles. The van der Waals surface area contributed by atoms with E-state index in [0.29, 0.717) is 11.9 Å². The molecule has 0 saturated heterocycles. The van der Waals surface area contributed by atoms with E-state index in [1.165, 1.54) is 12.1 Å². The first-order valence-electron chi connectivity index (χ1n) is 8.90. The highest BCUT2D eigenvalue weighted by Gasteiger charge is 2.05. The first-order chi connectivity index (χ1) is 15.0. The number of non-ortho nitro benzene ring substituents is 2. The van der Waals surface area contributed by atoms with Gasteiger partial charge in [0.15, 0.2) is 0 Å². The van der Waals surface area contributed by atoms with Crippen LogP contribution in [0.4, 0.5) is 11.4 Å². The van der Waals surface area contributed by atoms with Crippen molar-refractivity contribution >= 4 is 27.3 Å². The molecule has 0 atom stereocenters. The lowest BCUT2D eigenvalue weighted by Gasteiger charge is -2.01. The number of nitro benzene ring substituents is 2. The number of aromatic nitrogens is 4. The fourth-order valence-corrected chi connectivity index (χ4v) is 2.68. The Morgan fingerprint density at radius 2 is 1.58 bits per heavy atom. The van der Waals surface area contributed by atoms with Crippen molar-refractivity contribution in [3.8, 4) is 0 Å². The first kappa shape index (κ1) is 23.4. The van der Waals surface area contributed by atoms with Gasteiger partial charge in [0.05, 0.1) is 22.5 Å². The summed E-state index contributed by atoms with van der Waals surface area (Å²) in [6.07, 6.45) is 10.3. The minimum absolute atomic E-state index is 0.118. The second-order valence-corrected chi connectivity index (χ2v) is 6.54. The summed E-state index contributed by atoms with van der Waals surface area (Å²) in [6, 6.07) is 13.1. The van der Waals surface area contributed by atoms with Crippen LogP contribution in [0.25, 0.3) is 0 Å². The van der Waals surface area contributed by atoms with Gasteiger partial charge in [0.25, 0.3) is 11.4 Å². The summed E-state index contributed by atoms with van der Waals surface area (Å²) >= 11 is 3.22. The molecule has 11 heteroatoms. The summed E-state index contributed by atoms with van der Waals surface area (Å²) < 4.78 is 1.86. The predicted molar refractivity (Wildman–Crippen MR) is 119 cm³/mol. The maximum atomic E-state index is 10.5.